The smallest absolute Gasteiger partial charge is 0.0876 e. The van der Waals surface area contributed by atoms with Gasteiger partial charge in [0.2, 0.25) is 0 Å². The summed E-state index contributed by atoms with van der Waals surface area (Å²) in [5, 5.41) is 0. The molecule has 0 aliphatic heterocycles. The maximum atomic E-state index is 11.8. The Morgan fingerprint density at radius 2 is 1.94 bits per heavy atom. The fourth-order valence-corrected chi connectivity index (χ4v) is 3.00. The van der Waals surface area contributed by atoms with Crippen LogP contribution in [0.25, 0.3) is 0 Å². The van der Waals surface area contributed by atoms with Crippen LogP contribution in [-0.4, -0.2) is 15.4 Å². The largest absolute Gasteiger partial charge is 0.259 e. The Bertz CT molecular complexity index is 430. The zero-order chi connectivity index (χ0) is 12.0. The Labute approximate surface area is 99.9 Å². The maximum absolute atomic E-state index is 11.8. The third-order valence-corrected chi connectivity index (χ3v) is 4.96. The van der Waals surface area contributed by atoms with Gasteiger partial charge in [0.15, 0.2) is 0 Å². The minimum absolute atomic E-state index is 0.0569. The average Bonchev–Trinajstić information content (AvgIpc) is 2.97. The molecule has 1 unspecified atom stereocenters. The molecule has 0 aromatic carbocycles. The molecule has 0 saturated heterocycles. The lowest BCUT2D eigenvalue weighted by molar-refractivity contribution is 0.564. The van der Waals surface area contributed by atoms with Gasteiger partial charge in [0, 0.05) is 28.2 Å². The van der Waals surface area contributed by atoms with E-state index in [9.17, 15) is 4.21 Å². The predicted molar refractivity (Wildman–Crippen MR) is 67.9 cm³/mol. The monoisotopic (exact) mass is 237 g/mol. The summed E-state index contributed by atoms with van der Waals surface area (Å²) in [7, 11) is -0.813. The standard InChI is InChI=1S/C13H19NOS/c1-12(2,3)10-6-5-7-11(14-10)13(8-9-13)16(4)15/h5-7H,8-9H2,1-4H3. The van der Waals surface area contributed by atoms with E-state index in [0.29, 0.717) is 0 Å². The Hall–Kier alpha value is -0.700. The van der Waals surface area contributed by atoms with Crippen LogP contribution in [0.15, 0.2) is 18.2 Å². The van der Waals surface area contributed by atoms with Crippen molar-refractivity contribution in [3.8, 4) is 0 Å². The van der Waals surface area contributed by atoms with Crippen molar-refractivity contribution in [1.29, 1.82) is 0 Å². The fourth-order valence-electron chi connectivity index (χ4n) is 1.91. The van der Waals surface area contributed by atoms with Crippen molar-refractivity contribution >= 4 is 10.8 Å². The number of rotatable bonds is 2. The van der Waals surface area contributed by atoms with Crippen molar-refractivity contribution in [2.75, 3.05) is 6.26 Å². The number of hydrogen-bond acceptors (Lipinski definition) is 2. The molecule has 0 N–H and O–H groups in total. The quantitative estimate of drug-likeness (QED) is 0.791. The van der Waals surface area contributed by atoms with Crippen molar-refractivity contribution < 1.29 is 4.21 Å². The third kappa shape index (κ3) is 1.93. The highest BCUT2D eigenvalue weighted by Crippen LogP contribution is 2.50. The van der Waals surface area contributed by atoms with Crippen LogP contribution in [0.5, 0.6) is 0 Å². The van der Waals surface area contributed by atoms with Gasteiger partial charge < -0.3 is 0 Å². The van der Waals surface area contributed by atoms with E-state index in [2.05, 4.69) is 26.8 Å². The van der Waals surface area contributed by atoms with Crippen LogP contribution in [0, 0.1) is 0 Å². The molecule has 2 rings (SSSR count). The van der Waals surface area contributed by atoms with Crippen molar-refractivity contribution in [3.05, 3.63) is 29.6 Å². The molecule has 1 saturated carbocycles. The summed E-state index contributed by atoms with van der Waals surface area (Å²) in [5.41, 5.74) is 2.16. The number of pyridine rings is 1. The van der Waals surface area contributed by atoms with E-state index in [0.717, 1.165) is 24.2 Å². The van der Waals surface area contributed by atoms with E-state index in [1.54, 1.807) is 6.26 Å². The molecule has 1 atom stereocenters. The van der Waals surface area contributed by atoms with Crippen LogP contribution in [-0.2, 0) is 21.0 Å². The van der Waals surface area contributed by atoms with Crippen LogP contribution in [0.4, 0.5) is 0 Å². The lowest BCUT2D eigenvalue weighted by Crippen LogP contribution is -2.19. The topological polar surface area (TPSA) is 30.0 Å². The van der Waals surface area contributed by atoms with Crippen LogP contribution in [0.2, 0.25) is 0 Å². The number of hydrogen-bond donors (Lipinski definition) is 0. The van der Waals surface area contributed by atoms with Crippen molar-refractivity contribution in [3.63, 3.8) is 0 Å². The second-order valence-corrected chi connectivity index (χ2v) is 7.30. The van der Waals surface area contributed by atoms with Crippen LogP contribution in [0.3, 0.4) is 0 Å². The van der Waals surface area contributed by atoms with Crippen molar-refractivity contribution in [2.24, 2.45) is 0 Å². The first-order chi connectivity index (χ1) is 7.36. The molecule has 2 nitrogen and oxygen atoms in total. The molecule has 1 aliphatic rings. The van der Waals surface area contributed by atoms with Gasteiger partial charge in [-0.05, 0) is 25.0 Å². The molecule has 1 aromatic heterocycles. The highest BCUT2D eigenvalue weighted by atomic mass is 32.2. The first kappa shape index (κ1) is 11.8. The molecule has 1 aliphatic carbocycles. The summed E-state index contributed by atoms with van der Waals surface area (Å²) in [5.74, 6) is 0. The first-order valence-electron chi connectivity index (χ1n) is 5.68. The molecular weight excluding hydrogens is 218 g/mol. The van der Waals surface area contributed by atoms with Gasteiger partial charge in [0.05, 0.1) is 10.4 Å². The van der Waals surface area contributed by atoms with E-state index in [1.807, 2.05) is 12.1 Å². The van der Waals surface area contributed by atoms with Crippen molar-refractivity contribution in [2.45, 2.75) is 43.8 Å². The molecule has 0 spiro atoms. The summed E-state index contributed by atoms with van der Waals surface area (Å²) in [6, 6.07) is 6.11. The minimum Gasteiger partial charge on any atom is -0.259 e. The molecule has 88 valence electrons. The van der Waals surface area contributed by atoms with Gasteiger partial charge in [-0.15, -0.1) is 0 Å². The Morgan fingerprint density at radius 3 is 2.38 bits per heavy atom. The fraction of sp³-hybridized carbons (Fsp3) is 0.615. The highest BCUT2D eigenvalue weighted by Gasteiger charge is 2.49. The maximum Gasteiger partial charge on any atom is 0.0876 e. The third-order valence-electron chi connectivity index (χ3n) is 3.24. The molecule has 16 heavy (non-hydrogen) atoms. The Kier molecular flexibility index (Phi) is 2.69. The van der Waals surface area contributed by atoms with E-state index >= 15 is 0 Å². The van der Waals surface area contributed by atoms with E-state index in [4.69, 9.17) is 4.98 Å². The Morgan fingerprint density at radius 1 is 1.31 bits per heavy atom. The van der Waals surface area contributed by atoms with Crippen molar-refractivity contribution in [1.82, 2.24) is 4.98 Å². The summed E-state index contributed by atoms with van der Waals surface area (Å²) in [4.78, 5) is 4.71. The normalized spacial score (nSPS) is 20.5. The summed E-state index contributed by atoms with van der Waals surface area (Å²) in [6.07, 6.45) is 3.81. The van der Waals surface area contributed by atoms with Gasteiger partial charge in [0.1, 0.15) is 0 Å². The van der Waals surface area contributed by atoms with E-state index < -0.39 is 10.8 Å². The molecule has 3 heteroatoms. The minimum atomic E-state index is -0.813. The van der Waals surface area contributed by atoms with Gasteiger partial charge in [0.25, 0.3) is 0 Å². The molecule has 0 radical (unpaired) electrons. The van der Waals surface area contributed by atoms with Gasteiger partial charge in [-0.25, -0.2) is 0 Å². The second kappa shape index (κ2) is 3.66. The van der Waals surface area contributed by atoms with Gasteiger partial charge >= 0.3 is 0 Å². The number of nitrogens with zero attached hydrogens (tertiary/aromatic N) is 1. The Balaban J connectivity index is 2.41. The van der Waals surface area contributed by atoms with Crippen LogP contribution < -0.4 is 0 Å². The van der Waals surface area contributed by atoms with Gasteiger partial charge in [-0.1, -0.05) is 26.8 Å². The van der Waals surface area contributed by atoms with E-state index in [-0.39, 0.29) is 10.2 Å². The molecule has 0 amide bonds. The highest BCUT2D eigenvalue weighted by molar-refractivity contribution is 7.85. The summed E-state index contributed by atoms with van der Waals surface area (Å²) >= 11 is 0. The molecular formula is C13H19NOS. The first-order valence-corrected chi connectivity index (χ1v) is 7.24. The molecule has 0 bridgehead atoms. The number of aromatic nitrogens is 1. The zero-order valence-electron chi connectivity index (χ0n) is 10.4. The van der Waals surface area contributed by atoms with Crippen LogP contribution >= 0.6 is 0 Å². The van der Waals surface area contributed by atoms with Gasteiger partial charge in [-0.2, -0.15) is 0 Å². The lowest BCUT2D eigenvalue weighted by Gasteiger charge is -2.20. The summed E-state index contributed by atoms with van der Waals surface area (Å²) in [6.45, 7) is 6.46. The van der Waals surface area contributed by atoms with Crippen LogP contribution in [0.1, 0.15) is 45.0 Å². The summed E-state index contributed by atoms with van der Waals surface area (Å²) < 4.78 is 11.6. The van der Waals surface area contributed by atoms with E-state index in [1.165, 1.54) is 0 Å². The van der Waals surface area contributed by atoms with Gasteiger partial charge in [-0.3, -0.25) is 9.19 Å². The second-order valence-electron chi connectivity index (χ2n) is 5.61. The molecule has 1 heterocycles. The lowest BCUT2D eigenvalue weighted by atomic mass is 9.91. The zero-order valence-corrected chi connectivity index (χ0v) is 11.2. The predicted octanol–water partition coefficient (Wildman–Crippen LogP) is 2.75. The molecule has 1 fully saturated rings. The molecule has 1 aromatic rings. The SMILES string of the molecule is CS(=O)C1(c2cccc(C(C)(C)C)n2)CC1. The average molecular weight is 237 g/mol.